The van der Waals surface area contributed by atoms with Crippen molar-refractivity contribution in [1.82, 2.24) is 0 Å². The molecule has 2 aliphatic rings. The summed E-state index contributed by atoms with van der Waals surface area (Å²) in [5.74, 6) is -1.30. The molecular formula is C14H20O6. The van der Waals surface area contributed by atoms with E-state index in [0.29, 0.717) is 19.3 Å². The maximum atomic E-state index is 11.7. The Balaban J connectivity index is 1.78. The van der Waals surface area contributed by atoms with Crippen molar-refractivity contribution in [1.29, 1.82) is 0 Å². The van der Waals surface area contributed by atoms with Crippen molar-refractivity contribution in [2.24, 2.45) is 11.3 Å². The van der Waals surface area contributed by atoms with E-state index in [1.165, 1.54) is 0 Å². The predicted octanol–water partition coefficient (Wildman–Crippen LogP) is 1.21. The van der Waals surface area contributed by atoms with Crippen molar-refractivity contribution in [3.05, 3.63) is 0 Å². The third-order valence-corrected chi connectivity index (χ3v) is 3.55. The lowest BCUT2D eigenvalue weighted by molar-refractivity contribution is -0.171. The fourth-order valence-corrected chi connectivity index (χ4v) is 2.36. The minimum absolute atomic E-state index is 0.0475. The average molecular weight is 284 g/mol. The summed E-state index contributed by atoms with van der Waals surface area (Å²) in [5, 5.41) is 0. The Morgan fingerprint density at radius 3 is 2.65 bits per heavy atom. The molecule has 1 aliphatic heterocycles. The molecule has 20 heavy (non-hydrogen) atoms. The van der Waals surface area contributed by atoms with E-state index in [4.69, 9.17) is 14.2 Å². The summed E-state index contributed by atoms with van der Waals surface area (Å²) in [5.41, 5.74) is -0.653. The van der Waals surface area contributed by atoms with Crippen molar-refractivity contribution in [3.8, 4) is 0 Å². The monoisotopic (exact) mass is 284 g/mol. The van der Waals surface area contributed by atoms with E-state index in [1.54, 1.807) is 20.8 Å². The number of hydrogen-bond acceptors (Lipinski definition) is 6. The zero-order valence-corrected chi connectivity index (χ0v) is 12.0. The van der Waals surface area contributed by atoms with Crippen LogP contribution in [0.3, 0.4) is 0 Å². The summed E-state index contributed by atoms with van der Waals surface area (Å²) < 4.78 is 15.3. The SMILES string of the molecule is CC(C)(C)C(=O)OCC(=O)OC1CCC2C[C@@H]1OC2=O. The van der Waals surface area contributed by atoms with Gasteiger partial charge in [0.05, 0.1) is 11.3 Å². The van der Waals surface area contributed by atoms with E-state index in [-0.39, 0.29) is 18.0 Å². The second-order valence-electron chi connectivity index (χ2n) is 6.34. The van der Waals surface area contributed by atoms with Crippen LogP contribution < -0.4 is 0 Å². The highest BCUT2D eigenvalue weighted by Crippen LogP contribution is 2.35. The Morgan fingerprint density at radius 1 is 1.30 bits per heavy atom. The zero-order valence-electron chi connectivity index (χ0n) is 12.0. The molecule has 6 heteroatoms. The molecule has 1 heterocycles. The number of hydrogen-bond donors (Lipinski definition) is 0. The van der Waals surface area contributed by atoms with Gasteiger partial charge in [0.15, 0.2) is 6.61 Å². The lowest BCUT2D eigenvalue weighted by Gasteiger charge is -2.25. The topological polar surface area (TPSA) is 78.9 Å². The van der Waals surface area contributed by atoms with Crippen LogP contribution in [0.1, 0.15) is 40.0 Å². The summed E-state index contributed by atoms with van der Waals surface area (Å²) in [7, 11) is 0. The van der Waals surface area contributed by atoms with Gasteiger partial charge in [0.2, 0.25) is 0 Å². The van der Waals surface area contributed by atoms with Crippen molar-refractivity contribution >= 4 is 17.9 Å². The third-order valence-electron chi connectivity index (χ3n) is 3.55. The van der Waals surface area contributed by atoms with Crippen molar-refractivity contribution in [2.45, 2.75) is 52.2 Å². The molecule has 1 aliphatic carbocycles. The highest BCUT2D eigenvalue weighted by atomic mass is 16.6. The van der Waals surface area contributed by atoms with Crippen molar-refractivity contribution in [2.75, 3.05) is 6.61 Å². The van der Waals surface area contributed by atoms with Gasteiger partial charge in [-0.3, -0.25) is 9.59 Å². The quantitative estimate of drug-likeness (QED) is 0.572. The van der Waals surface area contributed by atoms with E-state index < -0.39 is 30.1 Å². The summed E-state index contributed by atoms with van der Waals surface area (Å²) >= 11 is 0. The first-order valence-electron chi connectivity index (χ1n) is 6.84. The maximum absolute atomic E-state index is 11.7. The number of carbonyl (C=O) groups is 3. The van der Waals surface area contributed by atoms with E-state index >= 15 is 0 Å². The Morgan fingerprint density at radius 2 is 2.00 bits per heavy atom. The summed E-state index contributed by atoms with van der Waals surface area (Å²) in [6.45, 7) is 4.72. The number of esters is 3. The van der Waals surface area contributed by atoms with Gasteiger partial charge in [0, 0.05) is 6.42 Å². The smallest absolute Gasteiger partial charge is 0.344 e. The van der Waals surface area contributed by atoms with Gasteiger partial charge in [0.1, 0.15) is 12.2 Å². The number of carbonyl (C=O) groups excluding carboxylic acids is 3. The van der Waals surface area contributed by atoms with Crippen LogP contribution in [0, 0.1) is 11.3 Å². The van der Waals surface area contributed by atoms with Crippen LogP contribution >= 0.6 is 0 Å². The first-order chi connectivity index (χ1) is 9.27. The largest absolute Gasteiger partial charge is 0.458 e. The highest BCUT2D eigenvalue weighted by molar-refractivity contribution is 5.79. The average Bonchev–Trinajstić information content (AvgIpc) is 2.65. The predicted molar refractivity (Wildman–Crippen MR) is 67.5 cm³/mol. The molecule has 2 rings (SSSR count). The number of fused-ring (bicyclic) bond motifs is 2. The molecule has 0 aromatic carbocycles. The lowest BCUT2D eigenvalue weighted by Crippen LogP contribution is -2.35. The minimum Gasteiger partial charge on any atom is -0.458 e. The first kappa shape index (κ1) is 14.8. The van der Waals surface area contributed by atoms with E-state index in [2.05, 4.69) is 0 Å². The molecule has 0 N–H and O–H groups in total. The third kappa shape index (κ3) is 3.29. The molecule has 6 nitrogen and oxygen atoms in total. The summed E-state index contributed by atoms with van der Waals surface area (Å²) in [6, 6.07) is 0. The Labute approximate surface area is 117 Å². The summed E-state index contributed by atoms with van der Waals surface area (Å²) in [6.07, 6.45) is 1.13. The normalized spacial score (nSPS) is 28.8. The minimum atomic E-state index is -0.653. The Bertz CT molecular complexity index is 422. The molecule has 0 radical (unpaired) electrons. The van der Waals surface area contributed by atoms with Gasteiger partial charge in [-0.2, -0.15) is 0 Å². The van der Waals surface area contributed by atoms with Crippen LogP contribution in [0.5, 0.6) is 0 Å². The lowest BCUT2D eigenvalue weighted by atomic mass is 9.88. The van der Waals surface area contributed by atoms with Crippen LogP contribution in [0.2, 0.25) is 0 Å². The van der Waals surface area contributed by atoms with Gasteiger partial charge in [0.25, 0.3) is 0 Å². The van der Waals surface area contributed by atoms with Crippen molar-refractivity contribution in [3.63, 3.8) is 0 Å². The second-order valence-corrected chi connectivity index (χ2v) is 6.34. The fourth-order valence-electron chi connectivity index (χ4n) is 2.36. The fraction of sp³-hybridized carbons (Fsp3) is 0.786. The van der Waals surface area contributed by atoms with Gasteiger partial charge in [-0.25, -0.2) is 4.79 Å². The molecule has 0 aromatic heterocycles. The van der Waals surface area contributed by atoms with Crippen LogP contribution in [0.4, 0.5) is 0 Å². The molecule has 2 unspecified atom stereocenters. The van der Waals surface area contributed by atoms with E-state index in [1.807, 2.05) is 0 Å². The van der Waals surface area contributed by atoms with Crippen molar-refractivity contribution < 1.29 is 28.6 Å². The second kappa shape index (κ2) is 5.42. The molecule has 0 amide bonds. The van der Waals surface area contributed by atoms with Crippen LogP contribution in [0.15, 0.2) is 0 Å². The standard InChI is InChI=1S/C14H20O6/c1-14(2,3)13(17)18-7-11(15)19-9-5-4-8-6-10(9)20-12(8)16/h8-10H,4-7H2,1-3H3/t8?,9?,10-/m0/s1. The molecule has 0 aromatic rings. The van der Waals surface area contributed by atoms with E-state index in [0.717, 1.165) is 0 Å². The van der Waals surface area contributed by atoms with Gasteiger partial charge in [-0.15, -0.1) is 0 Å². The number of rotatable bonds is 3. The highest BCUT2D eigenvalue weighted by Gasteiger charge is 2.45. The van der Waals surface area contributed by atoms with Crippen LogP contribution in [-0.2, 0) is 28.6 Å². The van der Waals surface area contributed by atoms with Gasteiger partial charge < -0.3 is 14.2 Å². The van der Waals surface area contributed by atoms with E-state index in [9.17, 15) is 14.4 Å². The van der Waals surface area contributed by atoms with Gasteiger partial charge in [-0.05, 0) is 33.6 Å². The molecular weight excluding hydrogens is 264 g/mol. The Hall–Kier alpha value is -1.59. The molecule has 1 saturated carbocycles. The van der Waals surface area contributed by atoms with Crippen LogP contribution in [-0.4, -0.2) is 36.7 Å². The van der Waals surface area contributed by atoms with Gasteiger partial charge >= 0.3 is 17.9 Å². The molecule has 1 saturated heterocycles. The molecule has 3 atom stereocenters. The number of ether oxygens (including phenoxy) is 3. The van der Waals surface area contributed by atoms with Crippen LogP contribution in [0.25, 0.3) is 0 Å². The molecule has 2 bridgehead atoms. The van der Waals surface area contributed by atoms with Gasteiger partial charge in [-0.1, -0.05) is 0 Å². The zero-order chi connectivity index (χ0) is 14.9. The molecule has 112 valence electrons. The Kier molecular flexibility index (Phi) is 4.01. The maximum Gasteiger partial charge on any atom is 0.344 e. The molecule has 0 spiro atoms. The summed E-state index contributed by atoms with van der Waals surface area (Å²) in [4.78, 5) is 34.6. The molecule has 2 fully saturated rings. The first-order valence-corrected chi connectivity index (χ1v) is 6.84.